The van der Waals surface area contributed by atoms with Gasteiger partial charge in [-0.3, -0.25) is 4.79 Å². The first-order chi connectivity index (χ1) is 7.83. The van der Waals surface area contributed by atoms with Gasteiger partial charge < -0.3 is 11.1 Å². The average Bonchev–Trinajstić information content (AvgIpc) is 2.30. The number of nitrogens with two attached hydrogens (primary N) is 1. The molecule has 94 valence electrons. The van der Waals surface area contributed by atoms with Crippen LogP contribution >= 0.6 is 0 Å². The minimum absolute atomic E-state index is 0.250. The van der Waals surface area contributed by atoms with E-state index < -0.39 is 0 Å². The highest BCUT2D eigenvalue weighted by molar-refractivity contribution is 5.76. The Labute approximate surface area is 99.2 Å². The van der Waals surface area contributed by atoms with Crippen LogP contribution < -0.4 is 11.1 Å². The number of amides is 1. The lowest BCUT2D eigenvalue weighted by Gasteiger charge is -2.20. The smallest absolute Gasteiger partial charge is 0.220 e. The molecule has 0 aliphatic heterocycles. The van der Waals surface area contributed by atoms with Gasteiger partial charge in [0.1, 0.15) is 0 Å². The molecule has 3 nitrogen and oxygen atoms in total. The van der Waals surface area contributed by atoms with Crippen molar-refractivity contribution in [2.75, 3.05) is 13.1 Å². The second-order valence-corrected chi connectivity index (χ2v) is 4.91. The van der Waals surface area contributed by atoms with Crippen molar-refractivity contribution >= 4 is 5.91 Å². The summed E-state index contributed by atoms with van der Waals surface area (Å²) in [6.45, 7) is 1.58. The number of hydrogen-bond donors (Lipinski definition) is 2. The van der Waals surface area contributed by atoms with Crippen molar-refractivity contribution in [3.05, 3.63) is 0 Å². The fourth-order valence-electron chi connectivity index (χ4n) is 2.40. The van der Waals surface area contributed by atoms with Gasteiger partial charge in [0.25, 0.3) is 0 Å². The minimum Gasteiger partial charge on any atom is -0.356 e. The van der Waals surface area contributed by atoms with Crippen LogP contribution in [0.5, 0.6) is 0 Å². The molecular weight excluding hydrogens is 200 g/mol. The molecule has 1 rings (SSSR count). The first kappa shape index (κ1) is 13.5. The van der Waals surface area contributed by atoms with E-state index in [9.17, 15) is 4.79 Å². The molecule has 0 aromatic carbocycles. The van der Waals surface area contributed by atoms with Crippen LogP contribution in [-0.4, -0.2) is 19.0 Å². The van der Waals surface area contributed by atoms with E-state index in [0.29, 0.717) is 5.92 Å². The second-order valence-electron chi connectivity index (χ2n) is 4.91. The number of carbonyl (C=O) groups excluding carboxylic acids is 1. The van der Waals surface area contributed by atoms with E-state index in [1.807, 2.05) is 0 Å². The van der Waals surface area contributed by atoms with E-state index in [1.54, 1.807) is 0 Å². The topological polar surface area (TPSA) is 55.1 Å². The highest BCUT2D eigenvalue weighted by Crippen LogP contribution is 2.25. The van der Waals surface area contributed by atoms with Gasteiger partial charge in [-0.05, 0) is 38.1 Å². The van der Waals surface area contributed by atoms with Crippen molar-refractivity contribution in [2.24, 2.45) is 11.7 Å². The van der Waals surface area contributed by atoms with E-state index in [1.165, 1.54) is 32.1 Å². The molecule has 1 saturated carbocycles. The van der Waals surface area contributed by atoms with Crippen molar-refractivity contribution in [3.8, 4) is 0 Å². The van der Waals surface area contributed by atoms with E-state index in [0.717, 1.165) is 38.8 Å². The van der Waals surface area contributed by atoms with Crippen molar-refractivity contribution < 1.29 is 4.79 Å². The Morgan fingerprint density at radius 1 is 1.12 bits per heavy atom. The SMILES string of the molecule is NCCCCCNC(=O)CC1CCCCC1. The maximum Gasteiger partial charge on any atom is 0.220 e. The summed E-state index contributed by atoms with van der Waals surface area (Å²) >= 11 is 0. The maximum atomic E-state index is 11.6. The highest BCUT2D eigenvalue weighted by atomic mass is 16.1. The first-order valence-corrected chi connectivity index (χ1v) is 6.79. The Bertz CT molecular complexity index is 188. The van der Waals surface area contributed by atoms with Crippen LogP contribution in [0.25, 0.3) is 0 Å². The number of hydrogen-bond acceptors (Lipinski definition) is 2. The van der Waals surface area contributed by atoms with Gasteiger partial charge in [-0.1, -0.05) is 25.7 Å². The summed E-state index contributed by atoms with van der Waals surface area (Å²) in [5, 5.41) is 3.01. The molecule has 16 heavy (non-hydrogen) atoms. The lowest BCUT2D eigenvalue weighted by atomic mass is 9.87. The summed E-state index contributed by atoms with van der Waals surface area (Å²) in [6.07, 6.45) is 10.5. The van der Waals surface area contributed by atoms with Crippen LogP contribution in [-0.2, 0) is 4.79 Å². The van der Waals surface area contributed by atoms with Crippen LogP contribution in [0.2, 0.25) is 0 Å². The Hall–Kier alpha value is -0.570. The molecule has 3 heteroatoms. The lowest BCUT2D eigenvalue weighted by Crippen LogP contribution is -2.27. The highest BCUT2D eigenvalue weighted by Gasteiger charge is 2.16. The van der Waals surface area contributed by atoms with Crippen LogP contribution in [0.15, 0.2) is 0 Å². The normalized spacial score (nSPS) is 17.3. The van der Waals surface area contributed by atoms with E-state index in [4.69, 9.17) is 5.73 Å². The summed E-state index contributed by atoms with van der Waals surface area (Å²) in [6, 6.07) is 0. The van der Waals surface area contributed by atoms with Gasteiger partial charge in [-0.2, -0.15) is 0 Å². The Morgan fingerprint density at radius 2 is 1.88 bits per heavy atom. The van der Waals surface area contributed by atoms with Gasteiger partial charge in [0.2, 0.25) is 5.91 Å². The van der Waals surface area contributed by atoms with Gasteiger partial charge >= 0.3 is 0 Å². The quantitative estimate of drug-likeness (QED) is 0.654. The van der Waals surface area contributed by atoms with Gasteiger partial charge in [0.15, 0.2) is 0 Å². The molecule has 0 radical (unpaired) electrons. The summed E-state index contributed by atoms with van der Waals surface area (Å²) < 4.78 is 0. The molecule has 1 amide bonds. The lowest BCUT2D eigenvalue weighted by molar-refractivity contribution is -0.122. The predicted molar refractivity (Wildman–Crippen MR) is 67.1 cm³/mol. The summed E-state index contributed by atoms with van der Waals surface area (Å²) in [5.74, 6) is 0.900. The van der Waals surface area contributed by atoms with Gasteiger partial charge in [0.05, 0.1) is 0 Å². The van der Waals surface area contributed by atoms with E-state index >= 15 is 0 Å². The zero-order valence-corrected chi connectivity index (χ0v) is 10.3. The Balaban J connectivity index is 1.97. The molecule has 0 unspecified atom stereocenters. The monoisotopic (exact) mass is 226 g/mol. The zero-order chi connectivity index (χ0) is 11.6. The van der Waals surface area contributed by atoms with Crippen molar-refractivity contribution in [2.45, 2.75) is 57.8 Å². The third-order valence-electron chi connectivity index (χ3n) is 3.40. The van der Waals surface area contributed by atoms with Crippen LogP contribution in [0, 0.1) is 5.92 Å². The van der Waals surface area contributed by atoms with Gasteiger partial charge in [-0.25, -0.2) is 0 Å². The number of nitrogens with one attached hydrogen (secondary N) is 1. The van der Waals surface area contributed by atoms with Crippen LogP contribution in [0.4, 0.5) is 0 Å². The standard InChI is InChI=1S/C13H26N2O/c14-9-5-2-6-10-15-13(16)11-12-7-3-1-4-8-12/h12H,1-11,14H2,(H,15,16). The molecular formula is C13H26N2O. The number of rotatable bonds is 7. The molecule has 3 N–H and O–H groups in total. The predicted octanol–water partition coefficient (Wildman–Crippen LogP) is 2.20. The first-order valence-electron chi connectivity index (χ1n) is 6.79. The Kier molecular flexibility index (Phi) is 7.23. The molecule has 0 heterocycles. The molecule has 1 aliphatic carbocycles. The average molecular weight is 226 g/mol. The third kappa shape index (κ3) is 6.11. The molecule has 1 aliphatic rings. The van der Waals surface area contributed by atoms with Crippen molar-refractivity contribution in [1.82, 2.24) is 5.32 Å². The fraction of sp³-hybridized carbons (Fsp3) is 0.923. The molecule has 0 aromatic heterocycles. The molecule has 0 bridgehead atoms. The zero-order valence-electron chi connectivity index (χ0n) is 10.3. The summed E-state index contributed by atoms with van der Waals surface area (Å²) in [4.78, 5) is 11.6. The largest absolute Gasteiger partial charge is 0.356 e. The number of unbranched alkanes of at least 4 members (excludes halogenated alkanes) is 2. The molecule has 0 aromatic rings. The minimum atomic E-state index is 0.250. The molecule has 0 atom stereocenters. The maximum absolute atomic E-state index is 11.6. The van der Waals surface area contributed by atoms with E-state index in [2.05, 4.69) is 5.32 Å². The molecule has 0 spiro atoms. The van der Waals surface area contributed by atoms with Crippen molar-refractivity contribution in [1.29, 1.82) is 0 Å². The van der Waals surface area contributed by atoms with Crippen LogP contribution in [0.1, 0.15) is 57.8 Å². The van der Waals surface area contributed by atoms with Crippen molar-refractivity contribution in [3.63, 3.8) is 0 Å². The van der Waals surface area contributed by atoms with Gasteiger partial charge in [0, 0.05) is 13.0 Å². The Morgan fingerprint density at radius 3 is 2.56 bits per heavy atom. The number of carbonyl (C=O) groups is 1. The summed E-state index contributed by atoms with van der Waals surface area (Å²) in [7, 11) is 0. The van der Waals surface area contributed by atoms with Gasteiger partial charge in [-0.15, -0.1) is 0 Å². The molecule has 0 saturated heterocycles. The van der Waals surface area contributed by atoms with E-state index in [-0.39, 0.29) is 5.91 Å². The second kappa shape index (κ2) is 8.57. The van der Waals surface area contributed by atoms with Crippen LogP contribution in [0.3, 0.4) is 0 Å². The third-order valence-corrected chi connectivity index (χ3v) is 3.40. The molecule has 1 fully saturated rings. The fourth-order valence-corrected chi connectivity index (χ4v) is 2.40. The summed E-state index contributed by atoms with van der Waals surface area (Å²) in [5.41, 5.74) is 5.41.